The van der Waals surface area contributed by atoms with Crippen LogP contribution >= 0.6 is 11.3 Å². The van der Waals surface area contributed by atoms with Crippen LogP contribution in [-0.4, -0.2) is 36.0 Å². The van der Waals surface area contributed by atoms with E-state index in [2.05, 4.69) is 42.6 Å². The average molecular weight is 344 g/mol. The molecule has 2 atom stereocenters. The summed E-state index contributed by atoms with van der Waals surface area (Å²) < 4.78 is 0. The van der Waals surface area contributed by atoms with E-state index in [9.17, 15) is 9.59 Å². The molecule has 5 nitrogen and oxygen atoms in total. The number of nitrogens with zero attached hydrogens (tertiary/aromatic N) is 1. The van der Waals surface area contributed by atoms with Crippen molar-refractivity contribution < 1.29 is 14.9 Å². The Morgan fingerprint density at radius 3 is 2.62 bits per heavy atom. The van der Waals surface area contributed by atoms with E-state index in [-0.39, 0.29) is 24.0 Å². The van der Waals surface area contributed by atoms with Gasteiger partial charge < -0.3 is 10.6 Å². The number of rotatable bonds is 5. The Morgan fingerprint density at radius 1 is 1.29 bits per heavy atom. The van der Waals surface area contributed by atoms with Gasteiger partial charge in [0.05, 0.1) is 4.88 Å². The minimum Gasteiger partial charge on any atom is -0.336 e. The highest BCUT2D eigenvalue weighted by molar-refractivity contribution is 7.10. The van der Waals surface area contributed by atoms with E-state index in [0.717, 1.165) is 5.56 Å². The third-order valence-electron chi connectivity index (χ3n) is 4.28. The highest BCUT2D eigenvalue weighted by Gasteiger charge is 2.33. The fourth-order valence-corrected chi connectivity index (χ4v) is 3.74. The van der Waals surface area contributed by atoms with Crippen LogP contribution < -0.4 is 10.6 Å². The molecule has 0 bridgehead atoms. The molecule has 2 heterocycles. The van der Waals surface area contributed by atoms with Crippen molar-refractivity contribution in [3.8, 4) is 0 Å². The second-order valence-electron chi connectivity index (χ2n) is 6.11. The largest absolute Gasteiger partial charge is 0.336 e. The summed E-state index contributed by atoms with van der Waals surface area (Å²) in [6, 6.07) is 11.9. The molecule has 0 aliphatic carbocycles. The summed E-state index contributed by atoms with van der Waals surface area (Å²) >= 11 is 1.68. The molecule has 6 heteroatoms. The Morgan fingerprint density at radius 2 is 2.04 bits per heavy atom. The van der Waals surface area contributed by atoms with Crippen molar-refractivity contribution >= 4 is 23.3 Å². The Labute approximate surface area is 145 Å². The van der Waals surface area contributed by atoms with Gasteiger partial charge in [-0.05, 0) is 25.3 Å². The first-order valence-electron chi connectivity index (χ1n) is 8.10. The van der Waals surface area contributed by atoms with Crippen molar-refractivity contribution in [1.29, 1.82) is 0 Å². The summed E-state index contributed by atoms with van der Waals surface area (Å²) in [6.45, 7) is 4.90. The smallest absolute Gasteiger partial charge is 0.324 e. The third kappa shape index (κ3) is 3.49. The quantitative estimate of drug-likeness (QED) is 0.866. The Balaban J connectivity index is 1.80. The predicted molar refractivity (Wildman–Crippen MR) is 93.8 cm³/mol. The normalized spacial score (nSPS) is 16.8. The summed E-state index contributed by atoms with van der Waals surface area (Å²) in [5.41, 5.74) is 2.37. The maximum Gasteiger partial charge on any atom is 0.324 e. The van der Waals surface area contributed by atoms with Crippen LogP contribution in [-0.2, 0) is 4.79 Å². The van der Waals surface area contributed by atoms with E-state index < -0.39 is 0 Å². The van der Waals surface area contributed by atoms with Crippen LogP contribution in [0.4, 0.5) is 4.79 Å². The third-order valence-corrected chi connectivity index (χ3v) is 5.24. The minimum absolute atomic E-state index is 0.0511. The number of benzene rings is 1. The van der Waals surface area contributed by atoms with Gasteiger partial charge in [0.15, 0.2) is 6.04 Å². The van der Waals surface area contributed by atoms with Crippen LogP contribution in [0.2, 0.25) is 0 Å². The number of carbonyl (C=O) groups excluding carboxylic acids is 2. The topological polar surface area (TPSA) is 66.0 Å². The highest BCUT2D eigenvalue weighted by Crippen LogP contribution is 2.23. The van der Waals surface area contributed by atoms with Crippen molar-refractivity contribution in [2.24, 2.45) is 0 Å². The molecule has 0 unspecified atom stereocenters. The molecular formula is C18H22N3O2S+. The maximum absolute atomic E-state index is 12.6. The molecule has 3 rings (SSSR count). The number of urea groups is 1. The lowest BCUT2D eigenvalue weighted by Gasteiger charge is -2.22. The fraction of sp³-hybridized carbons (Fsp3) is 0.333. The van der Waals surface area contributed by atoms with Crippen molar-refractivity contribution in [1.82, 2.24) is 10.2 Å². The zero-order valence-corrected chi connectivity index (χ0v) is 14.7. The number of aryl methyl sites for hydroxylation is 1. The van der Waals surface area contributed by atoms with E-state index >= 15 is 0 Å². The standard InChI is InChI=1S/C18H21N3O2S/c1-12-5-7-14(8-6-12)16(15-4-3-11-24-15)20-13(2)17(22)21-10-9-19-18(21)23/h3-8,11,13,16,20H,9-10H2,1-2H3,(H,19,23)/p+1/t13-,16+/m0/s1. The van der Waals surface area contributed by atoms with Crippen molar-refractivity contribution in [2.75, 3.05) is 13.1 Å². The Kier molecular flexibility index (Phi) is 4.97. The van der Waals surface area contributed by atoms with E-state index in [1.807, 2.05) is 23.7 Å². The van der Waals surface area contributed by atoms with Gasteiger partial charge in [-0.15, -0.1) is 11.3 Å². The van der Waals surface area contributed by atoms with Crippen molar-refractivity contribution in [3.05, 3.63) is 57.8 Å². The summed E-state index contributed by atoms with van der Waals surface area (Å²) in [7, 11) is 0. The average Bonchev–Trinajstić information content (AvgIpc) is 3.24. The molecule has 126 valence electrons. The molecule has 1 aliphatic rings. The Bertz CT molecular complexity index is 712. The van der Waals surface area contributed by atoms with Crippen LogP contribution in [0.3, 0.4) is 0 Å². The fourth-order valence-electron chi connectivity index (χ4n) is 2.91. The molecule has 0 saturated carbocycles. The lowest BCUT2D eigenvalue weighted by Crippen LogP contribution is -2.92. The number of nitrogens with one attached hydrogen (secondary N) is 1. The van der Waals surface area contributed by atoms with E-state index in [0.29, 0.717) is 13.1 Å². The molecule has 0 spiro atoms. The van der Waals surface area contributed by atoms with Crippen molar-refractivity contribution in [3.63, 3.8) is 0 Å². The zero-order chi connectivity index (χ0) is 17.1. The van der Waals surface area contributed by atoms with Gasteiger partial charge in [0, 0.05) is 18.7 Å². The van der Waals surface area contributed by atoms with Gasteiger partial charge in [0.25, 0.3) is 5.91 Å². The summed E-state index contributed by atoms with van der Waals surface area (Å²) in [5.74, 6) is -0.140. The van der Waals surface area contributed by atoms with Gasteiger partial charge in [-0.1, -0.05) is 35.9 Å². The second-order valence-corrected chi connectivity index (χ2v) is 7.09. The summed E-state index contributed by atoms with van der Waals surface area (Å²) in [4.78, 5) is 26.8. The maximum atomic E-state index is 12.6. The number of thiophene rings is 1. The summed E-state index contributed by atoms with van der Waals surface area (Å²) in [5, 5.41) is 6.77. The van der Waals surface area contributed by atoms with Gasteiger partial charge in [-0.3, -0.25) is 9.69 Å². The molecule has 3 N–H and O–H groups in total. The highest BCUT2D eigenvalue weighted by atomic mass is 32.1. The molecule has 0 radical (unpaired) electrons. The van der Waals surface area contributed by atoms with Crippen LogP contribution in [0.1, 0.15) is 29.0 Å². The van der Waals surface area contributed by atoms with Gasteiger partial charge in [-0.25, -0.2) is 4.79 Å². The number of quaternary nitrogens is 1. The van der Waals surface area contributed by atoms with Crippen molar-refractivity contribution in [2.45, 2.75) is 25.9 Å². The number of hydrogen-bond donors (Lipinski definition) is 2. The Hall–Kier alpha value is -2.18. The van der Waals surface area contributed by atoms with Crippen LogP contribution in [0.15, 0.2) is 41.8 Å². The number of nitrogens with two attached hydrogens (primary N) is 1. The molecule has 1 fully saturated rings. The van der Waals surface area contributed by atoms with Gasteiger partial charge in [-0.2, -0.15) is 0 Å². The molecule has 24 heavy (non-hydrogen) atoms. The minimum atomic E-state index is -0.331. The SMILES string of the molecule is Cc1ccc([C@@H]([NH2+][C@@H](C)C(=O)N2CCNC2=O)c2cccs2)cc1. The summed E-state index contributed by atoms with van der Waals surface area (Å²) in [6.07, 6.45) is 0. The number of amides is 3. The number of carbonyl (C=O) groups is 2. The molecule has 1 aromatic carbocycles. The van der Waals surface area contributed by atoms with E-state index in [1.54, 1.807) is 11.3 Å². The number of imide groups is 1. The van der Waals surface area contributed by atoms with Gasteiger partial charge >= 0.3 is 6.03 Å². The first-order valence-corrected chi connectivity index (χ1v) is 8.98. The number of hydrogen-bond acceptors (Lipinski definition) is 3. The second kappa shape index (κ2) is 7.15. The van der Waals surface area contributed by atoms with Gasteiger partial charge in [0.1, 0.15) is 6.04 Å². The predicted octanol–water partition coefficient (Wildman–Crippen LogP) is 1.65. The van der Waals surface area contributed by atoms with E-state index in [4.69, 9.17) is 0 Å². The van der Waals surface area contributed by atoms with Gasteiger partial charge in [0.2, 0.25) is 0 Å². The van der Waals surface area contributed by atoms with Crippen LogP contribution in [0.25, 0.3) is 0 Å². The van der Waals surface area contributed by atoms with Crippen LogP contribution in [0, 0.1) is 6.92 Å². The lowest BCUT2D eigenvalue weighted by atomic mass is 10.0. The molecular weight excluding hydrogens is 322 g/mol. The lowest BCUT2D eigenvalue weighted by molar-refractivity contribution is -0.704. The molecule has 1 saturated heterocycles. The molecule has 1 aromatic heterocycles. The zero-order valence-electron chi connectivity index (χ0n) is 13.9. The molecule has 3 amide bonds. The first-order chi connectivity index (χ1) is 11.6. The molecule has 2 aromatic rings. The van der Waals surface area contributed by atoms with Crippen LogP contribution in [0.5, 0.6) is 0 Å². The molecule has 1 aliphatic heterocycles. The first kappa shape index (κ1) is 16.7. The van der Waals surface area contributed by atoms with E-state index in [1.165, 1.54) is 15.3 Å². The monoisotopic (exact) mass is 344 g/mol.